The van der Waals surface area contributed by atoms with Crippen LogP contribution in [0, 0.1) is 0 Å². The van der Waals surface area contributed by atoms with Gasteiger partial charge in [0.1, 0.15) is 6.10 Å². The molecule has 0 heterocycles. The minimum Gasteiger partial charge on any atom is -0.458 e. The van der Waals surface area contributed by atoms with E-state index in [0.29, 0.717) is 5.76 Å². The molecule has 4 aromatic carbocycles. The van der Waals surface area contributed by atoms with Crippen molar-refractivity contribution in [2.75, 3.05) is 0 Å². The summed E-state index contributed by atoms with van der Waals surface area (Å²) >= 11 is 0. The molecule has 0 aliphatic heterocycles. The maximum atomic E-state index is 10.6. The number of rotatable bonds is 6. The average Bonchev–Trinajstić information content (AvgIpc) is 3.03. The van der Waals surface area contributed by atoms with E-state index < -0.39 is 0 Å². The van der Waals surface area contributed by atoms with Gasteiger partial charge in [-0.15, -0.1) is 0 Å². The zero-order valence-corrected chi connectivity index (χ0v) is 31.0. The van der Waals surface area contributed by atoms with E-state index in [2.05, 4.69) is 11.3 Å². The van der Waals surface area contributed by atoms with Crippen LogP contribution in [0.25, 0.3) is 0 Å². The second kappa shape index (κ2) is 29.3. The smallest absolute Gasteiger partial charge is 0.307 e. The number of aliphatic hydroxyl groups is 3. The SMILES string of the molecule is C=C(C)OC(C)=O.CC(=O)O[C@H](C)c1ccccc1.CC(O)c1ccccc1.C[C@@H](O)c1ccccc1.C[C@H](O)c1ccccc1.S.S. The van der Waals surface area contributed by atoms with Crippen molar-refractivity contribution < 1.29 is 34.4 Å². The van der Waals surface area contributed by atoms with Gasteiger partial charge in [-0.05, 0) is 56.9 Å². The molecule has 0 saturated heterocycles. The summed E-state index contributed by atoms with van der Waals surface area (Å²) in [6, 6.07) is 38.4. The zero-order chi connectivity index (χ0) is 34.9. The van der Waals surface area contributed by atoms with Gasteiger partial charge in [-0.25, -0.2) is 0 Å². The Balaban J connectivity index is -0.000000527. The van der Waals surface area contributed by atoms with Gasteiger partial charge in [0, 0.05) is 13.8 Å². The molecule has 0 fully saturated rings. The Hall–Kier alpha value is -3.86. The first kappa shape index (κ1) is 48.5. The minimum absolute atomic E-state index is 0. The van der Waals surface area contributed by atoms with Crippen molar-refractivity contribution in [1.29, 1.82) is 0 Å². The Bertz CT molecular complexity index is 1240. The van der Waals surface area contributed by atoms with Crippen LogP contribution in [0.5, 0.6) is 0 Å². The predicted molar refractivity (Wildman–Crippen MR) is 205 cm³/mol. The third-order valence-electron chi connectivity index (χ3n) is 5.78. The summed E-state index contributed by atoms with van der Waals surface area (Å²) < 4.78 is 9.41. The molecule has 0 spiro atoms. The summed E-state index contributed by atoms with van der Waals surface area (Å²) in [7, 11) is 0. The van der Waals surface area contributed by atoms with E-state index >= 15 is 0 Å². The predicted octanol–water partition coefficient (Wildman–Crippen LogP) is 8.84. The van der Waals surface area contributed by atoms with E-state index in [1.165, 1.54) is 13.8 Å². The van der Waals surface area contributed by atoms with Crippen molar-refractivity contribution in [3.8, 4) is 0 Å². The molecule has 1 unspecified atom stereocenters. The van der Waals surface area contributed by atoms with Crippen LogP contribution < -0.4 is 0 Å². The van der Waals surface area contributed by atoms with Crippen molar-refractivity contribution in [2.24, 2.45) is 0 Å². The number of hydrogen-bond donors (Lipinski definition) is 3. The highest BCUT2D eigenvalue weighted by Crippen LogP contribution is 2.15. The van der Waals surface area contributed by atoms with Crippen molar-refractivity contribution in [1.82, 2.24) is 0 Å². The van der Waals surface area contributed by atoms with E-state index in [4.69, 9.17) is 20.1 Å². The molecule has 4 rings (SSSR count). The number of carbonyl (C=O) groups is 2. The topological polar surface area (TPSA) is 113 Å². The average molecular weight is 699 g/mol. The number of allylic oxidation sites excluding steroid dienone is 1. The summed E-state index contributed by atoms with van der Waals surface area (Å²) in [6.45, 7) is 14.9. The molecule has 0 radical (unpaired) electrons. The summed E-state index contributed by atoms with van der Waals surface area (Å²) in [5.41, 5.74) is 3.93. The third-order valence-corrected chi connectivity index (χ3v) is 5.78. The molecule has 0 bridgehead atoms. The number of carbonyl (C=O) groups excluding carboxylic acids is 2. The molecule has 7 nitrogen and oxygen atoms in total. The number of benzene rings is 4. The first-order valence-electron chi connectivity index (χ1n) is 15.0. The lowest BCUT2D eigenvalue weighted by Crippen LogP contribution is -2.04. The van der Waals surface area contributed by atoms with Crippen LogP contribution >= 0.6 is 27.0 Å². The van der Waals surface area contributed by atoms with Crippen LogP contribution in [0.4, 0.5) is 0 Å². The molecule has 4 atom stereocenters. The maximum absolute atomic E-state index is 10.6. The molecule has 0 aromatic heterocycles. The minimum atomic E-state index is -0.341. The molecule has 0 amide bonds. The fourth-order valence-corrected chi connectivity index (χ4v) is 3.48. The van der Waals surface area contributed by atoms with Gasteiger partial charge in [-0.3, -0.25) is 9.59 Å². The zero-order valence-electron chi connectivity index (χ0n) is 29.0. The van der Waals surface area contributed by atoms with E-state index in [1.807, 2.05) is 128 Å². The molecule has 0 saturated carbocycles. The number of hydrogen-bond acceptors (Lipinski definition) is 7. The number of esters is 2. The molecule has 264 valence electrons. The van der Waals surface area contributed by atoms with Gasteiger partial charge in [0.15, 0.2) is 0 Å². The molecule has 0 aliphatic carbocycles. The van der Waals surface area contributed by atoms with Crippen LogP contribution in [-0.4, -0.2) is 27.3 Å². The van der Waals surface area contributed by atoms with Crippen LogP contribution in [-0.2, 0) is 19.1 Å². The summed E-state index contributed by atoms with van der Waals surface area (Å²) in [4.78, 5) is 20.6. The number of aliphatic hydroxyl groups excluding tert-OH is 3. The van der Waals surface area contributed by atoms with Gasteiger partial charge in [-0.1, -0.05) is 128 Å². The van der Waals surface area contributed by atoms with Gasteiger partial charge in [0.05, 0.1) is 24.1 Å². The molecular weight excluding hydrogens is 645 g/mol. The first-order valence-corrected chi connectivity index (χ1v) is 15.0. The van der Waals surface area contributed by atoms with Gasteiger partial charge in [0.25, 0.3) is 0 Å². The van der Waals surface area contributed by atoms with Gasteiger partial charge in [-0.2, -0.15) is 27.0 Å². The summed E-state index contributed by atoms with van der Waals surface area (Å²) in [5.74, 6) is -0.119. The van der Waals surface area contributed by atoms with Crippen LogP contribution in [0.1, 0.15) is 95.1 Å². The fourth-order valence-electron chi connectivity index (χ4n) is 3.48. The Morgan fingerprint density at radius 3 is 0.896 bits per heavy atom. The van der Waals surface area contributed by atoms with Crippen molar-refractivity contribution in [3.05, 3.63) is 156 Å². The van der Waals surface area contributed by atoms with E-state index in [0.717, 1.165) is 22.3 Å². The second-order valence-corrected chi connectivity index (χ2v) is 10.2. The number of ether oxygens (including phenoxy) is 2. The van der Waals surface area contributed by atoms with Crippen molar-refractivity contribution >= 4 is 38.9 Å². The molecule has 9 heteroatoms. The highest BCUT2D eigenvalue weighted by atomic mass is 32.1. The van der Waals surface area contributed by atoms with Crippen LogP contribution in [0.2, 0.25) is 0 Å². The largest absolute Gasteiger partial charge is 0.458 e. The highest BCUT2D eigenvalue weighted by Gasteiger charge is 2.06. The fraction of sp³-hybridized carbons (Fsp3) is 0.282. The van der Waals surface area contributed by atoms with E-state index in [1.54, 1.807) is 27.7 Å². The van der Waals surface area contributed by atoms with Gasteiger partial charge in [0.2, 0.25) is 0 Å². The molecule has 3 N–H and O–H groups in total. The molecular formula is C39H54O7S2. The van der Waals surface area contributed by atoms with Crippen LogP contribution in [0.15, 0.2) is 134 Å². The van der Waals surface area contributed by atoms with Gasteiger partial charge < -0.3 is 24.8 Å². The summed E-state index contributed by atoms with van der Waals surface area (Å²) in [5, 5.41) is 27.1. The Kier molecular flexibility index (Phi) is 29.6. The highest BCUT2D eigenvalue weighted by molar-refractivity contribution is 7.59. The Morgan fingerprint density at radius 1 is 0.500 bits per heavy atom. The third kappa shape index (κ3) is 26.2. The lowest BCUT2D eigenvalue weighted by atomic mass is 10.1. The van der Waals surface area contributed by atoms with E-state index in [-0.39, 0.29) is 63.3 Å². The lowest BCUT2D eigenvalue weighted by Gasteiger charge is -2.11. The molecule has 4 aromatic rings. The summed E-state index contributed by atoms with van der Waals surface area (Å²) in [6.07, 6.45) is -1.17. The molecule has 0 aliphatic rings. The standard InChI is InChI=1S/C10H12O2.3C8H10O.C5H8O2.2H2S/c1-8(12-9(2)11)10-6-4-3-5-7-10;3*1-7(9)8-5-3-2-4-6-8;1-4(2)7-5(3)6;;/h3-8H,1-2H3;3*2-7,9H,1H3;1H2,2-3H3;2*1H2/t8-;2*7-;;;;/m110..../s1. The Labute approximate surface area is 301 Å². The monoisotopic (exact) mass is 698 g/mol. The van der Waals surface area contributed by atoms with Crippen molar-refractivity contribution in [2.45, 2.75) is 72.9 Å². The Morgan fingerprint density at radius 2 is 0.750 bits per heavy atom. The lowest BCUT2D eigenvalue weighted by molar-refractivity contribution is -0.145. The first-order chi connectivity index (χ1) is 21.7. The normalized spacial score (nSPS) is 11.5. The van der Waals surface area contributed by atoms with Crippen molar-refractivity contribution in [3.63, 3.8) is 0 Å². The second-order valence-electron chi connectivity index (χ2n) is 10.2. The quantitative estimate of drug-likeness (QED) is 0.136. The molecule has 48 heavy (non-hydrogen) atoms. The maximum Gasteiger partial charge on any atom is 0.307 e. The van der Waals surface area contributed by atoms with E-state index in [9.17, 15) is 9.59 Å². The van der Waals surface area contributed by atoms with Crippen LogP contribution in [0.3, 0.4) is 0 Å². The van der Waals surface area contributed by atoms with Gasteiger partial charge >= 0.3 is 11.9 Å².